The first-order valence-corrected chi connectivity index (χ1v) is 5.56. The Morgan fingerprint density at radius 2 is 2.17 bits per heavy atom. The number of carboxylic acids is 1. The molecule has 1 rings (SSSR count). The van der Waals surface area contributed by atoms with Crippen molar-refractivity contribution < 1.29 is 24.2 Å². The molecule has 6 heteroatoms. The van der Waals surface area contributed by atoms with Crippen LogP contribution in [0.25, 0.3) is 0 Å². The first kappa shape index (κ1) is 14.2. The molecule has 1 fully saturated rings. The van der Waals surface area contributed by atoms with Crippen molar-refractivity contribution in [3.63, 3.8) is 0 Å². The molecule has 100 valence electrons. The molecule has 1 aliphatic rings. The van der Waals surface area contributed by atoms with Crippen LogP contribution in [0.15, 0.2) is 25.3 Å². The normalized spacial score (nSPS) is 23.2. The van der Waals surface area contributed by atoms with E-state index in [1.165, 1.54) is 17.1 Å². The second-order valence-electron chi connectivity index (χ2n) is 3.93. The first-order valence-electron chi connectivity index (χ1n) is 5.56. The molecular weight excluding hydrogens is 238 g/mol. The lowest BCUT2D eigenvalue weighted by atomic mass is 9.97. The highest BCUT2D eigenvalue weighted by molar-refractivity contribution is 5.79. The Hall–Kier alpha value is -1.82. The van der Waals surface area contributed by atoms with E-state index in [0.29, 0.717) is 6.54 Å². The topological polar surface area (TPSA) is 76.1 Å². The van der Waals surface area contributed by atoms with Gasteiger partial charge in [-0.25, -0.2) is 9.59 Å². The Kier molecular flexibility index (Phi) is 4.91. The molecule has 0 bridgehead atoms. The minimum Gasteiger partial charge on any atom is -0.479 e. The molecular formula is C12H17NO5. The monoisotopic (exact) mass is 255 g/mol. The molecule has 1 atom stereocenters. The lowest BCUT2D eigenvalue weighted by molar-refractivity contribution is -0.175. The van der Waals surface area contributed by atoms with E-state index in [9.17, 15) is 14.7 Å². The van der Waals surface area contributed by atoms with Gasteiger partial charge in [0.05, 0.1) is 13.2 Å². The fraction of sp³-hybridized carbons (Fsp3) is 0.500. The summed E-state index contributed by atoms with van der Waals surface area (Å²) in [5.41, 5.74) is -1.42. The number of hydrogen-bond donors (Lipinski definition) is 1. The highest BCUT2D eigenvalue weighted by atomic mass is 16.6. The number of rotatable bonds is 5. The van der Waals surface area contributed by atoms with Gasteiger partial charge in [0, 0.05) is 13.0 Å². The summed E-state index contributed by atoms with van der Waals surface area (Å²) >= 11 is 0. The van der Waals surface area contributed by atoms with Crippen LogP contribution in [0.4, 0.5) is 4.79 Å². The Morgan fingerprint density at radius 3 is 2.72 bits per heavy atom. The van der Waals surface area contributed by atoms with Gasteiger partial charge in [0.25, 0.3) is 0 Å². The lowest BCUT2D eigenvalue weighted by Crippen LogP contribution is -2.57. The van der Waals surface area contributed by atoms with Gasteiger partial charge in [-0.05, 0) is 0 Å². The quantitative estimate of drug-likeness (QED) is 0.743. The highest BCUT2D eigenvalue weighted by Crippen LogP contribution is 2.23. The van der Waals surface area contributed by atoms with Crippen molar-refractivity contribution in [2.45, 2.75) is 12.0 Å². The van der Waals surface area contributed by atoms with Gasteiger partial charge < -0.3 is 19.5 Å². The largest absolute Gasteiger partial charge is 0.479 e. The second-order valence-corrected chi connectivity index (χ2v) is 3.93. The molecule has 0 aromatic heterocycles. The van der Waals surface area contributed by atoms with Crippen molar-refractivity contribution in [2.24, 2.45) is 0 Å². The molecule has 6 nitrogen and oxygen atoms in total. The van der Waals surface area contributed by atoms with Crippen molar-refractivity contribution in [1.29, 1.82) is 0 Å². The van der Waals surface area contributed by atoms with Crippen LogP contribution >= 0.6 is 0 Å². The molecule has 1 unspecified atom stereocenters. The standard InChI is InChI=1S/C12H17NO5/c1-3-5-12(10(14)15)9-13(6-8-18-12)11(16)17-7-4-2/h3-4H,1-2,5-9H2,(H,14,15). The zero-order valence-corrected chi connectivity index (χ0v) is 10.1. The average molecular weight is 255 g/mol. The number of morpholine rings is 1. The summed E-state index contributed by atoms with van der Waals surface area (Å²) in [7, 11) is 0. The fourth-order valence-electron chi connectivity index (χ4n) is 1.73. The molecule has 0 radical (unpaired) electrons. The molecule has 1 N–H and O–H groups in total. The Balaban J connectivity index is 2.74. The summed E-state index contributed by atoms with van der Waals surface area (Å²) < 4.78 is 10.2. The van der Waals surface area contributed by atoms with Gasteiger partial charge in [0.2, 0.25) is 0 Å². The molecule has 1 saturated heterocycles. The van der Waals surface area contributed by atoms with Crippen LogP contribution in [0.1, 0.15) is 6.42 Å². The van der Waals surface area contributed by atoms with Crippen molar-refractivity contribution in [1.82, 2.24) is 4.90 Å². The zero-order chi connectivity index (χ0) is 13.6. The summed E-state index contributed by atoms with van der Waals surface area (Å²) in [5.74, 6) is -1.11. The van der Waals surface area contributed by atoms with E-state index in [2.05, 4.69) is 13.2 Å². The average Bonchev–Trinajstić information content (AvgIpc) is 2.36. The second kappa shape index (κ2) is 6.20. The Morgan fingerprint density at radius 1 is 1.44 bits per heavy atom. The van der Waals surface area contributed by atoms with Crippen LogP contribution in [0.3, 0.4) is 0 Å². The molecule has 0 aromatic rings. The van der Waals surface area contributed by atoms with Gasteiger partial charge >= 0.3 is 12.1 Å². The summed E-state index contributed by atoms with van der Waals surface area (Å²) in [6, 6.07) is 0. The number of carbonyl (C=O) groups excluding carboxylic acids is 1. The van der Waals surface area contributed by atoms with Crippen molar-refractivity contribution in [3.05, 3.63) is 25.3 Å². The number of hydrogen-bond acceptors (Lipinski definition) is 4. The number of carboxylic acid groups (broad SMARTS) is 1. The summed E-state index contributed by atoms with van der Waals surface area (Å²) in [6.45, 7) is 7.45. The molecule has 18 heavy (non-hydrogen) atoms. The molecule has 0 saturated carbocycles. The van der Waals surface area contributed by atoms with Crippen LogP contribution in [-0.2, 0) is 14.3 Å². The number of ether oxygens (including phenoxy) is 2. The lowest BCUT2D eigenvalue weighted by Gasteiger charge is -2.38. The first-order chi connectivity index (χ1) is 8.55. The molecule has 0 aromatic carbocycles. The predicted molar refractivity (Wildman–Crippen MR) is 64.3 cm³/mol. The maximum absolute atomic E-state index is 11.7. The summed E-state index contributed by atoms with van der Waals surface area (Å²) in [6.07, 6.45) is 2.49. The zero-order valence-electron chi connectivity index (χ0n) is 10.1. The number of amides is 1. The van der Waals surface area contributed by atoms with E-state index in [4.69, 9.17) is 9.47 Å². The SMILES string of the molecule is C=CCOC(=O)N1CCOC(CC=C)(C(=O)O)C1. The van der Waals surface area contributed by atoms with E-state index in [-0.39, 0.29) is 26.2 Å². The van der Waals surface area contributed by atoms with E-state index in [1.54, 1.807) is 0 Å². The van der Waals surface area contributed by atoms with Crippen molar-refractivity contribution in [2.75, 3.05) is 26.3 Å². The third kappa shape index (κ3) is 3.10. The smallest absolute Gasteiger partial charge is 0.410 e. The third-order valence-corrected chi connectivity index (χ3v) is 2.63. The maximum atomic E-state index is 11.7. The van der Waals surface area contributed by atoms with Crippen LogP contribution in [0.5, 0.6) is 0 Å². The molecule has 1 amide bonds. The number of carbonyl (C=O) groups is 2. The minimum absolute atomic E-state index is 0.0513. The third-order valence-electron chi connectivity index (χ3n) is 2.63. The van der Waals surface area contributed by atoms with E-state index >= 15 is 0 Å². The van der Waals surface area contributed by atoms with Crippen LogP contribution in [0, 0.1) is 0 Å². The van der Waals surface area contributed by atoms with Gasteiger partial charge in [-0.2, -0.15) is 0 Å². The minimum atomic E-state index is -1.42. The van der Waals surface area contributed by atoms with Gasteiger partial charge in [-0.3, -0.25) is 0 Å². The number of aliphatic carboxylic acids is 1. The van der Waals surface area contributed by atoms with Crippen LogP contribution in [-0.4, -0.2) is 54.0 Å². The molecule has 0 aliphatic carbocycles. The van der Waals surface area contributed by atoms with Gasteiger partial charge in [0.1, 0.15) is 6.61 Å². The van der Waals surface area contributed by atoms with Crippen molar-refractivity contribution >= 4 is 12.1 Å². The number of nitrogens with zero attached hydrogens (tertiary/aromatic N) is 1. The maximum Gasteiger partial charge on any atom is 0.410 e. The van der Waals surface area contributed by atoms with E-state index in [1.807, 2.05) is 0 Å². The Labute approximate surface area is 105 Å². The van der Waals surface area contributed by atoms with Crippen LogP contribution in [0.2, 0.25) is 0 Å². The fourth-order valence-corrected chi connectivity index (χ4v) is 1.73. The molecule has 1 heterocycles. The van der Waals surface area contributed by atoms with Gasteiger partial charge in [-0.15, -0.1) is 6.58 Å². The van der Waals surface area contributed by atoms with Gasteiger partial charge in [0.15, 0.2) is 5.60 Å². The van der Waals surface area contributed by atoms with E-state index in [0.717, 1.165) is 0 Å². The predicted octanol–water partition coefficient (Wildman–Crippen LogP) is 1.04. The van der Waals surface area contributed by atoms with Crippen LogP contribution < -0.4 is 0 Å². The summed E-state index contributed by atoms with van der Waals surface area (Å²) in [4.78, 5) is 24.3. The Bertz CT molecular complexity index is 354. The summed E-state index contributed by atoms with van der Waals surface area (Å²) in [5, 5.41) is 9.23. The van der Waals surface area contributed by atoms with Crippen molar-refractivity contribution in [3.8, 4) is 0 Å². The molecule has 0 spiro atoms. The highest BCUT2D eigenvalue weighted by Gasteiger charge is 2.44. The van der Waals surface area contributed by atoms with Gasteiger partial charge in [-0.1, -0.05) is 18.7 Å². The van der Waals surface area contributed by atoms with E-state index < -0.39 is 17.7 Å². The molecule has 1 aliphatic heterocycles.